The van der Waals surface area contributed by atoms with Crippen molar-refractivity contribution < 1.29 is 14.4 Å². The number of nitrogens with zero attached hydrogens (tertiary/aromatic N) is 1. The van der Waals surface area contributed by atoms with E-state index < -0.39 is 0 Å². The third-order valence-electron chi connectivity index (χ3n) is 1.22. The Morgan fingerprint density at radius 3 is 2.50 bits per heavy atom. The van der Waals surface area contributed by atoms with E-state index in [-0.39, 0.29) is 12.1 Å². The lowest BCUT2D eigenvalue weighted by molar-refractivity contribution is -0.191. The number of nitrogens with one attached hydrogen (secondary N) is 1. The second-order valence-electron chi connectivity index (χ2n) is 2.48. The number of hydrogen-bond donors (Lipinski definition) is 1. The van der Waals surface area contributed by atoms with Gasteiger partial charge in [-0.2, -0.15) is 9.59 Å². The molecule has 0 saturated heterocycles. The molecule has 0 unspecified atom stereocenters. The summed E-state index contributed by atoms with van der Waals surface area (Å²) in [6.45, 7) is 3.41. The van der Waals surface area contributed by atoms with Crippen LogP contribution in [-0.4, -0.2) is 17.0 Å². The predicted molar refractivity (Wildman–Crippen MR) is 48.3 cm³/mol. The molecule has 1 amide bonds. The first kappa shape index (κ1) is 12.0. The van der Waals surface area contributed by atoms with Crippen LogP contribution in [0, 0.1) is 6.92 Å². The number of aromatic nitrogens is 1. The van der Waals surface area contributed by atoms with E-state index in [0.29, 0.717) is 5.82 Å². The number of anilines is 1. The molecule has 1 N–H and O–H groups in total. The maximum atomic E-state index is 10.6. The summed E-state index contributed by atoms with van der Waals surface area (Å²) in [5, 5.41) is 2.60. The molecule has 0 radical (unpaired) electrons. The molecule has 74 valence electrons. The van der Waals surface area contributed by atoms with Crippen molar-refractivity contribution in [3.05, 3.63) is 23.9 Å². The lowest BCUT2D eigenvalue weighted by Crippen LogP contribution is -2.07. The molecule has 0 aliphatic heterocycles. The van der Waals surface area contributed by atoms with Gasteiger partial charge in [0, 0.05) is 13.1 Å². The number of amides is 1. The summed E-state index contributed by atoms with van der Waals surface area (Å²) in [6, 6.07) is 3.70. The fraction of sp³-hybridized carbons (Fsp3) is 0.222. The van der Waals surface area contributed by atoms with Gasteiger partial charge in [-0.1, -0.05) is 0 Å². The van der Waals surface area contributed by atoms with Crippen molar-refractivity contribution in [3.63, 3.8) is 0 Å². The quantitative estimate of drug-likeness (QED) is 0.716. The summed E-state index contributed by atoms with van der Waals surface area (Å²) in [4.78, 5) is 30.8. The van der Waals surface area contributed by atoms with E-state index in [0.717, 1.165) is 5.56 Å². The van der Waals surface area contributed by atoms with Crippen molar-refractivity contribution in [1.29, 1.82) is 0 Å². The first-order valence-corrected chi connectivity index (χ1v) is 3.79. The SMILES string of the molecule is CC(=O)Nc1cc(C)ccn1.O=C=O. The Hall–Kier alpha value is -2.00. The minimum absolute atomic E-state index is 0.0944. The van der Waals surface area contributed by atoms with Crippen LogP contribution in [-0.2, 0) is 14.4 Å². The number of carbonyl (C=O) groups is 1. The Morgan fingerprint density at radius 1 is 1.50 bits per heavy atom. The van der Waals surface area contributed by atoms with Crippen LogP contribution < -0.4 is 5.32 Å². The molecule has 0 aromatic carbocycles. The van der Waals surface area contributed by atoms with Gasteiger partial charge in [0.15, 0.2) is 0 Å². The Balaban J connectivity index is 0.000000500. The Morgan fingerprint density at radius 2 is 2.07 bits per heavy atom. The van der Waals surface area contributed by atoms with Gasteiger partial charge in [0.2, 0.25) is 5.91 Å². The zero-order valence-corrected chi connectivity index (χ0v) is 7.90. The molecule has 0 atom stereocenters. The molecule has 1 aromatic heterocycles. The average Bonchev–Trinajstić information content (AvgIpc) is 2.03. The van der Waals surface area contributed by atoms with Crippen LogP contribution in [0.4, 0.5) is 5.82 Å². The number of rotatable bonds is 1. The summed E-state index contributed by atoms with van der Waals surface area (Å²) in [6.07, 6.45) is 1.92. The molecular weight excluding hydrogens is 184 g/mol. The summed E-state index contributed by atoms with van der Waals surface area (Å²) in [5.74, 6) is 0.514. The van der Waals surface area contributed by atoms with Crippen LogP contribution >= 0.6 is 0 Å². The normalized spacial score (nSPS) is 7.86. The third-order valence-corrected chi connectivity index (χ3v) is 1.22. The highest BCUT2D eigenvalue weighted by Crippen LogP contribution is 2.04. The highest BCUT2D eigenvalue weighted by atomic mass is 16.2. The van der Waals surface area contributed by atoms with Gasteiger partial charge < -0.3 is 5.32 Å². The lowest BCUT2D eigenvalue weighted by atomic mass is 10.3. The van der Waals surface area contributed by atoms with Crippen LogP contribution in [0.2, 0.25) is 0 Å². The van der Waals surface area contributed by atoms with E-state index in [1.54, 1.807) is 6.20 Å². The van der Waals surface area contributed by atoms with Gasteiger partial charge in [-0.15, -0.1) is 0 Å². The Labute approximate surface area is 81.2 Å². The maximum Gasteiger partial charge on any atom is 0.373 e. The zero-order chi connectivity index (χ0) is 11.0. The summed E-state index contributed by atoms with van der Waals surface area (Å²) in [7, 11) is 0. The Kier molecular flexibility index (Phi) is 5.58. The van der Waals surface area contributed by atoms with Crippen LogP contribution in [0.5, 0.6) is 0 Å². The maximum absolute atomic E-state index is 10.6. The average molecular weight is 194 g/mol. The van der Waals surface area contributed by atoms with Gasteiger partial charge in [0.1, 0.15) is 5.82 Å². The highest BCUT2D eigenvalue weighted by Gasteiger charge is 1.94. The van der Waals surface area contributed by atoms with Crippen molar-refractivity contribution in [2.75, 3.05) is 5.32 Å². The van der Waals surface area contributed by atoms with E-state index in [4.69, 9.17) is 9.59 Å². The van der Waals surface area contributed by atoms with Crippen molar-refractivity contribution in [2.45, 2.75) is 13.8 Å². The molecule has 0 bridgehead atoms. The van der Waals surface area contributed by atoms with E-state index in [2.05, 4.69) is 10.3 Å². The molecule has 0 saturated carbocycles. The van der Waals surface area contributed by atoms with E-state index in [1.807, 2.05) is 19.1 Å². The van der Waals surface area contributed by atoms with E-state index in [9.17, 15) is 4.79 Å². The molecule has 1 rings (SSSR count). The molecule has 5 nitrogen and oxygen atoms in total. The first-order chi connectivity index (χ1) is 6.60. The molecule has 5 heteroatoms. The first-order valence-electron chi connectivity index (χ1n) is 3.79. The van der Waals surface area contributed by atoms with Crippen molar-refractivity contribution in [3.8, 4) is 0 Å². The van der Waals surface area contributed by atoms with Crippen molar-refractivity contribution in [2.24, 2.45) is 0 Å². The molecule has 14 heavy (non-hydrogen) atoms. The molecule has 1 heterocycles. The number of hydrogen-bond acceptors (Lipinski definition) is 4. The Bertz CT molecular complexity index is 344. The van der Waals surface area contributed by atoms with Gasteiger partial charge >= 0.3 is 6.15 Å². The minimum Gasteiger partial charge on any atom is -0.311 e. The summed E-state index contributed by atoms with van der Waals surface area (Å²) < 4.78 is 0. The smallest absolute Gasteiger partial charge is 0.311 e. The van der Waals surface area contributed by atoms with Gasteiger partial charge in [-0.3, -0.25) is 4.79 Å². The molecule has 0 aliphatic rings. The second-order valence-corrected chi connectivity index (χ2v) is 2.48. The fourth-order valence-electron chi connectivity index (χ4n) is 0.785. The minimum atomic E-state index is -0.0944. The van der Waals surface area contributed by atoms with Crippen LogP contribution in [0.25, 0.3) is 0 Å². The highest BCUT2D eigenvalue weighted by molar-refractivity contribution is 5.87. The standard InChI is InChI=1S/C8H10N2O.CO2/c1-6-3-4-9-8(5-6)10-7(2)11;2-1-3/h3-5H,1-2H3,(H,9,10,11);. The van der Waals surface area contributed by atoms with Gasteiger partial charge in [-0.25, -0.2) is 4.98 Å². The molecule has 1 aromatic rings. The van der Waals surface area contributed by atoms with E-state index >= 15 is 0 Å². The number of carbonyl (C=O) groups excluding carboxylic acids is 3. The second kappa shape index (κ2) is 6.51. The van der Waals surface area contributed by atoms with Gasteiger partial charge in [0.25, 0.3) is 0 Å². The predicted octanol–water partition coefficient (Wildman–Crippen LogP) is 0.765. The van der Waals surface area contributed by atoms with Crippen molar-refractivity contribution in [1.82, 2.24) is 4.98 Å². The molecule has 0 aliphatic carbocycles. The number of pyridine rings is 1. The monoisotopic (exact) mass is 194 g/mol. The van der Waals surface area contributed by atoms with Gasteiger partial charge in [0.05, 0.1) is 0 Å². The van der Waals surface area contributed by atoms with Crippen LogP contribution in [0.15, 0.2) is 18.3 Å². The topological polar surface area (TPSA) is 76.1 Å². The van der Waals surface area contributed by atoms with Gasteiger partial charge in [-0.05, 0) is 24.6 Å². The zero-order valence-electron chi connectivity index (χ0n) is 7.90. The van der Waals surface area contributed by atoms with Crippen LogP contribution in [0.3, 0.4) is 0 Å². The summed E-state index contributed by atoms with van der Waals surface area (Å²) >= 11 is 0. The lowest BCUT2D eigenvalue weighted by Gasteiger charge is -1.99. The third kappa shape index (κ3) is 5.62. The largest absolute Gasteiger partial charge is 0.373 e. The van der Waals surface area contributed by atoms with Crippen molar-refractivity contribution >= 4 is 17.9 Å². The molecule has 0 fully saturated rings. The molecule has 0 spiro atoms. The fourth-order valence-corrected chi connectivity index (χ4v) is 0.785. The summed E-state index contributed by atoms with van der Waals surface area (Å²) in [5.41, 5.74) is 1.09. The van der Waals surface area contributed by atoms with Crippen LogP contribution in [0.1, 0.15) is 12.5 Å². The van der Waals surface area contributed by atoms with E-state index in [1.165, 1.54) is 6.92 Å². The molecular formula is C9H10N2O3. The number of aryl methyl sites for hydroxylation is 1.